The topological polar surface area (TPSA) is 83.7 Å². The number of aliphatic imine (C=N–C) groups is 1. The predicted octanol–water partition coefficient (Wildman–Crippen LogP) is 1.85. The molecule has 2 rings (SSSR count). The molecule has 0 radical (unpaired) electrons. The summed E-state index contributed by atoms with van der Waals surface area (Å²) in [4.78, 5) is 4.73. The molecule has 0 bridgehead atoms. The molecule has 1 aromatic rings. The van der Waals surface area contributed by atoms with Crippen molar-refractivity contribution in [1.29, 1.82) is 0 Å². The number of aliphatic hydroxyl groups excluding tert-OH is 1. The van der Waals surface area contributed by atoms with Crippen LogP contribution in [-0.4, -0.2) is 60.3 Å². The summed E-state index contributed by atoms with van der Waals surface area (Å²) in [5.41, 5.74) is 2.25. The molecular formula is C18H34IN5O2. The molecule has 1 aromatic heterocycles. The van der Waals surface area contributed by atoms with Gasteiger partial charge < -0.3 is 20.5 Å². The molecule has 1 fully saturated rings. The molecule has 0 aliphatic carbocycles. The highest BCUT2D eigenvalue weighted by atomic mass is 127. The van der Waals surface area contributed by atoms with Gasteiger partial charge in [-0.05, 0) is 46.1 Å². The van der Waals surface area contributed by atoms with Gasteiger partial charge in [0.1, 0.15) is 0 Å². The predicted molar refractivity (Wildman–Crippen MR) is 115 cm³/mol. The van der Waals surface area contributed by atoms with Gasteiger partial charge >= 0.3 is 0 Å². The molecule has 0 saturated carbocycles. The van der Waals surface area contributed by atoms with Gasteiger partial charge in [0, 0.05) is 44.0 Å². The normalized spacial score (nSPS) is 20.1. The van der Waals surface area contributed by atoms with Crippen LogP contribution in [0.2, 0.25) is 0 Å². The SMILES string of the molecule is CCNC(=NCC1(CCO)CCOC1)NCCCn1nc(C)cc1C.I. The van der Waals surface area contributed by atoms with E-state index in [-0.39, 0.29) is 36.0 Å². The maximum atomic E-state index is 9.32. The van der Waals surface area contributed by atoms with Crippen molar-refractivity contribution in [2.24, 2.45) is 10.4 Å². The van der Waals surface area contributed by atoms with Crippen LogP contribution in [0.1, 0.15) is 37.6 Å². The summed E-state index contributed by atoms with van der Waals surface area (Å²) in [6.07, 6.45) is 2.69. The lowest BCUT2D eigenvalue weighted by Crippen LogP contribution is -2.39. The average molecular weight is 479 g/mol. The van der Waals surface area contributed by atoms with E-state index >= 15 is 0 Å². The summed E-state index contributed by atoms with van der Waals surface area (Å²) in [7, 11) is 0. The molecule has 8 heteroatoms. The van der Waals surface area contributed by atoms with Gasteiger partial charge in [0.15, 0.2) is 5.96 Å². The van der Waals surface area contributed by atoms with Crippen molar-refractivity contribution in [2.45, 2.75) is 46.6 Å². The van der Waals surface area contributed by atoms with Crippen LogP contribution in [0.3, 0.4) is 0 Å². The average Bonchev–Trinajstić information content (AvgIpc) is 3.16. The lowest BCUT2D eigenvalue weighted by molar-refractivity contribution is 0.131. The van der Waals surface area contributed by atoms with E-state index in [9.17, 15) is 5.11 Å². The standard InChI is InChI=1S/C18H33N5O2.HI/c1-4-19-17(21-13-18(6-10-24)7-11-25-14-18)20-8-5-9-23-16(3)12-15(2)22-23;/h12,24H,4-11,13-14H2,1-3H3,(H2,19,20,21);1H. The van der Waals surface area contributed by atoms with Crippen molar-refractivity contribution in [2.75, 3.05) is 39.5 Å². The van der Waals surface area contributed by atoms with Crippen molar-refractivity contribution in [3.8, 4) is 0 Å². The van der Waals surface area contributed by atoms with E-state index in [0.29, 0.717) is 13.2 Å². The van der Waals surface area contributed by atoms with Crippen LogP contribution in [0.25, 0.3) is 0 Å². The molecule has 3 N–H and O–H groups in total. The number of guanidine groups is 1. The van der Waals surface area contributed by atoms with E-state index in [1.807, 2.05) is 11.6 Å². The lowest BCUT2D eigenvalue weighted by Gasteiger charge is -2.24. The van der Waals surface area contributed by atoms with Crippen molar-refractivity contribution < 1.29 is 9.84 Å². The maximum Gasteiger partial charge on any atom is 0.191 e. The minimum Gasteiger partial charge on any atom is -0.396 e. The van der Waals surface area contributed by atoms with Crippen molar-refractivity contribution in [3.63, 3.8) is 0 Å². The molecule has 1 aliphatic heterocycles. The molecule has 1 aliphatic rings. The second kappa shape index (κ2) is 11.8. The molecule has 7 nitrogen and oxygen atoms in total. The van der Waals surface area contributed by atoms with Gasteiger partial charge in [0.2, 0.25) is 0 Å². The number of ether oxygens (including phenoxy) is 1. The van der Waals surface area contributed by atoms with Crippen molar-refractivity contribution in [3.05, 3.63) is 17.5 Å². The number of aromatic nitrogens is 2. The van der Waals surface area contributed by atoms with Gasteiger partial charge in [0.05, 0.1) is 18.8 Å². The first kappa shape index (κ1) is 23.2. The molecule has 26 heavy (non-hydrogen) atoms. The van der Waals surface area contributed by atoms with Crippen LogP contribution in [0, 0.1) is 19.3 Å². The first-order chi connectivity index (χ1) is 12.1. The molecule has 1 unspecified atom stereocenters. The van der Waals surface area contributed by atoms with E-state index in [2.05, 4.69) is 35.6 Å². The van der Waals surface area contributed by atoms with Crippen LogP contribution >= 0.6 is 24.0 Å². The van der Waals surface area contributed by atoms with Gasteiger partial charge in [-0.2, -0.15) is 5.10 Å². The summed E-state index contributed by atoms with van der Waals surface area (Å²) in [6.45, 7) is 11.1. The fourth-order valence-corrected chi connectivity index (χ4v) is 3.21. The Morgan fingerprint density at radius 1 is 1.42 bits per heavy atom. The zero-order chi connectivity index (χ0) is 18.1. The maximum absolute atomic E-state index is 9.32. The summed E-state index contributed by atoms with van der Waals surface area (Å²) >= 11 is 0. The number of hydrogen-bond acceptors (Lipinski definition) is 4. The Kier molecular flexibility index (Phi) is 10.5. The minimum absolute atomic E-state index is 0. The van der Waals surface area contributed by atoms with E-state index in [1.54, 1.807) is 0 Å². The van der Waals surface area contributed by atoms with Crippen LogP contribution in [0.15, 0.2) is 11.1 Å². The number of nitrogens with zero attached hydrogens (tertiary/aromatic N) is 3. The highest BCUT2D eigenvalue weighted by Gasteiger charge is 2.34. The quantitative estimate of drug-likeness (QED) is 0.218. The fraction of sp³-hybridized carbons (Fsp3) is 0.778. The van der Waals surface area contributed by atoms with Crippen LogP contribution in [0.4, 0.5) is 0 Å². The largest absolute Gasteiger partial charge is 0.396 e. The zero-order valence-electron chi connectivity index (χ0n) is 16.3. The summed E-state index contributed by atoms with van der Waals surface area (Å²) < 4.78 is 7.58. The molecule has 0 amide bonds. The lowest BCUT2D eigenvalue weighted by atomic mass is 9.84. The highest BCUT2D eigenvalue weighted by Crippen LogP contribution is 2.32. The van der Waals surface area contributed by atoms with Gasteiger partial charge in [0.25, 0.3) is 0 Å². The number of nitrogens with one attached hydrogen (secondary N) is 2. The molecule has 150 valence electrons. The number of halogens is 1. The van der Waals surface area contributed by atoms with Gasteiger partial charge in [-0.1, -0.05) is 0 Å². The van der Waals surface area contributed by atoms with Crippen LogP contribution in [0.5, 0.6) is 0 Å². The molecule has 2 heterocycles. The zero-order valence-corrected chi connectivity index (χ0v) is 18.6. The summed E-state index contributed by atoms with van der Waals surface area (Å²) in [6, 6.07) is 2.10. The van der Waals surface area contributed by atoms with Crippen LogP contribution < -0.4 is 10.6 Å². The third-order valence-corrected chi connectivity index (χ3v) is 4.69. The third-order valence-electron chi connectivity index (χ3n) is 4.69. The minimum atomic E-state index is -0.0131. The van der Waals surface area contributed by atoms with E-state index in [4.69, 9.17) is 9.73 Å². The highest BCUT2D eigenvalue weighted by molar-refractivity contribution is 14.0. The van der Waals surface area contributed by atoms with Gasteiger partial charge in [-0.3, -0.25) is 9.67 Å². The third kappa shape index (κ3) is 7.03. The molecule has 1 saturated heterocycles. The first-order valence-corrected chi connectivity index (χ1v) is 9.30. The Bertz CT molecular complexity index is 556. The Labute approximate surface area is 174 Å². The Balaban J connectivity index is 0.00000338. The van der Waals surface area contributed by atoms with Crippen LogP contribution in [-0.2, 0) is 11.3 Å². The van der Waals surface area contributed by atoms with E-state index in [1.165, 1.54) is 5.69 Å². The van der Waals surface area contributed by atoms with Crippen molar-refractivity contribution >= 4 is 29.9 Å². The van der Waals surface area contributed by atoms with Crippen molar-refractivity contribution in [1.82, 2.24) is 20.4 Å². The number of rotatable bonds is 9. The Morgan fingerprint density at radius 3 is 2.81 bits per heavy atom. The Morgan fingerprint density at radius 2 is 2.23 bits per heavy atom. The first-order valence-electron chi connectivity index (χ1n) is 9.30. The summed E-state index contributed by atoms with van der Waals surface area (Å²) in [5.74, 6) is 0.833. The monoisotopic (exact) mass is 479 g/mol. The molecule has 0 aromatic carbocycles. The van der Waals surface area contributed by atoms with Gasteiger partial charge in [-0.25, -0.2) is 0 Å². The second-order valence-corrected chi connectivity index (χ2v) is 6.90. The Hall–Kier alpha value is -0.870. The van der Waals surface area contributed by atoms with Gasteiger partial charge in [-0.15, -0.1) is 24.0 Å². The number of aliphatic hydroxyl groups is 1. The molecular weight excluding hydrogens is 445 g/mol. The smallest absolute Gasteiger partial charge is 0.191 e. The molecule has 1 atom stereocenters. The van der Waals surface area contributed by atoms with E-state index in [0.717, 1.165) is 57.2 Å². The molecule has 0 spiro atoms. The fourth-order valence-electron chi connectivity index (χ4n) is 3.21. The number of aryl methyl sites for hydroxylation is 3. The summed E-state index contributed by atoms with van der Waals surface area (Å²) in [5, 5.41) is 20.5. The second-order valence-electron chi connectivity index (χ2n) is 6.90. The van der Waals surface area contributed by atoms with E-state index < -0.39 is 0 Å². The number of hydrogen-bond donors (Lipinski definition) is 3.